The molecule has 0 fully saturated rings. The lowest BCUT2D eigenvalue weighted by Gasteiger charge is -2.08. The lowest BCUT2D eigenvalue weighted by Crippen LogP contribution is -2.29. The Morgan fingerprint density at radius 1 is 1.32 bits per heavy atom. The summed E-state index contributed by atoms with van der Waals surface area (Å²) in [5, 5.41) is 11.0. The third-order valence-electron chi connectivity index (χ3n) is 2.07. The summed E-state index contributed by atoms with van der Waals surface area (Å²) >= 11 is 0. The van der Waals surface area contributed by atoms with E-state index in [-0.39, 0.29) is 6.54 Å². The molecule has 1 aromatic carbocycles. The predicted octanol–water partition coefficient (Wildman–Crippen LogP) is 1.75. The van der Waals surface area contributed by atoms with Crippen molar-refractivity contribution in [3.8, 4) is 6.07 Å². The van der Waals surface area contributed by atoms with Gasteiger partial charge in [-0.15, -0.1) is 0 Å². The number of benzene rings is 1. The van der Waals surface area contributed by atoms with Crippen LogP contribution in [0, 0.1) is 11.3 Å². The third-order valence-corrected chi connectivity index (χ3v) is 2.07. The molecule has 0 radical (unpaired) electrons. The van der Waals surface area contributed by atoms with E-state index in [1.165, 1.54) is 0 Å². The van der Waals surface area contributed by atoms with Gasteiger partial charge in [0.05, 0.1) is 11.6 Å². The summed E-state index contributed by atoms with van der Waals surface area (Å²) in [5.74, 6) is -0.631. The van der Waals surface area contributed by atoms with Crippen LogP contribution in [-0.4, -0.2) is 25.3 Å². The number of carbonyl (C=O) groups is 1. The van der Waals surface area contributed by atoms with Gasteiger partial charge in [0.1, 0.15) is 13.2 Å². The largest absolute Gasteiger partial charge is 0.411 e. The van der Waals surface area contributed by atoms with Gasteiger partial charge in [-0.05, 0) is 17.7 Å². The van der Waals surface area contributed by atoms with Crippen LogP contribution in [0.3, 0.4) is 0 Å². The topological polar surface area (TPSA) is 62.1 Å². The van der Waals surface area contributed by atoms with Gasteiger partial charge >= 0.3 is 6.18 Å². The minimum atomic E-state index is -4.44. The standard InChI is InChI=1S/C12H11F3N2O2/c13-12(14,15)8-19-7-11(18)17-6-10-3-1-9(5-16)2-4-10/h1-4H,6-8H2,(H,17,18). The van der Waals surface area contributed by atoms with E-state index in [0.717, 1.165) is 5.56 Å². The van der Waals surface area contributed by atoms with Gasteiger partial charge in [0.25, 0.3) is 0 Å². The van der Waals surface area contributed by atoms with E-state index in [9.17, 15) is 18.0 Å². The predicted molar refractivity (Wildman–Crippen MR) is 59.9 cm³/mol. The van der Waals surface area contributed by atoms with Crippen molar-refractivity contribution in [3.63, 3.8) is 0 Å². The molecule has 0 saturated carbocycles. The Kier molecular flexibility index (Phi) is 5.33. The second kappa shape index (κ2) is 6.75. The molecule has 1 N–H and O–H groups in total. The molecule has 1 rings (SSSR count). The molecule has 102 valence electrons. The molecule has 0 aliphatic rings. The van der Waals surface area contributed by atoms with Gasteiger partial charge in [0.2, 0.25) is 5.91 Å². The molecule has 1 amide bonds. The minimum Gasteiger partial charge on any atom is -0.362 e. The van der Waals surface area contributed by atoms with Crippen molar-refractivity contribution in [2.45, 2.75) is 12.7 Å². The van der Waals surface area contributed by atoms with Crippen LogP contribution in [0.1, 0.15) is 11.1 Å². The highest BCUT2D eigenvalue weighted by atomic mass is 19.4. The van der Waals surface area contributed by atoms with E-state index >= 15 is 0 Å². The van der Waals surface area contributed by atoms with E-state index in [0.29, 0.717) is 5.56 Å². The fraction of sp³-hybridized carbons (Fsp3) is 0.333. The molecule has 0 spiro atoms. The van der Waals surface area contributed by atoms with Gasteiger partial charge in [-0.1, -0.05) is 12.1 Å². The number of hydrogen-bond donors (Lipinski definition) is 1. The van der Waals surface area contributed by atoms with Crippen LogP contribution in [0.5, 0.6) is 0 Å². The van der Waals surface area contributed by atoms with E-state index in [1.54, 1.807) is 24.3 Å². The van der Waals surface area contributed by atoms with Crippen LogP contribution in [0.25, 0.3) is 0 Å². The van der Waals surface area contributed by atoms with E-state index in [1.807, 2.05) is 6.07 Å². The molecule has 0 unspecified atom stereocenters. The van der Waals surface area contributed by atoms with Crippen LogP contribution in [0.15, 0.2) is 24.3 Å². The number of halogens is 3. The first-order valence-corrected chi connectivity index (χ1v) is 5.31. The maximum atomic E-state index is 11.7. The number of carbonyl (C=O) groups excluding carboxylic acids is 1. The zero-order valence-electron chi connectivity index (χ0n) is 9.83. The lowest BCUT2D eigenvalue weighted by atomic mass is 10.1. The summed E-state index contributed by atoms with van der Waals surface area (Å²) < 4.78 is 39.4. The van der Waals surface area contributed by atoms with Crippen molar-refractivity contribution in [3.05, 3.63) is 35.4 Å². The Morgan fingerprint density at radius 2 is 1.95 bits per heavy atom. The van der Waals surface area contributed by atoms with Gasteiger partial charge in [-0.2, -0.15) is 18.4 Å². The van der Waals surface area contributed by atoms with Crippen molar-refractivity contribution in [2.24, 2.45) is 0 Å². The van der Waals surface area contributed by atoms with Gasteiger partial charge in [0, 0.05) is 6.54 Å². The molecule has 19 heavy (non-hydrogen) atoms. The van der Waals surface area contributed by atoms with Crippen molar-refractivity contribution in [2.75, 3.05) is 13.2 Å². The number of nitrogens with one attached hydrogen (secondary N) is 1. The fourth-order valence-corrected chi connectivity index (χ4v) is 1.21. The molecule has 0 heterocycles. The minimum absolute atomic E-state index is 0.167. The van der Waals surface area contributed by atoms with Crippen LogP contribution in [0.2, 0.25) is 0 Å². The van der Waals surface area contributed by atoms with Gasteiger partial charge in [-0.3, -0.25) is 4.79 Å². The zero-order valence-corrected chi connectivity index (χ0v) is 9.83. The molecule has 1 aromatic rings. The summed E-state index contributed by atoms with van der Waals surface area (Å²) in [6.45, 7) is -1.92. The van der Waals surface area contributed by atoms with Gasteiger partial charge in [0.15, 0.2) is 0 Å². The Balaban J connectivity index is 2.28. The fourth-order valence-electron chi connectivity index (χ4n) is 1.21. The highest BCUT2D eigenvalue weighted by molar-refractivity contribution is 5.77. The average molecular weight is 272 g/mol. The van der Waals surface area contributed by atoms with Crippen LogP contribution < -0.4 is 5.32 Å². The quantitative estimate of drug-likeness (QED) is 0.888. The molecule has 4 nitrogen and oxygen atoms in total. The number of nitrogens with zero attached hydrogens (tertiary/aromatic N) is 1. The Bertz CT molecular complexity index is 463. The average Bonchev–Trinajstić information content (AvgIpc) is 2.35. The summed E-state index contributed by atoms with van der Waals surface area (Å²) in [6, 6.07) is 8.41. The first-order valence-electron chi connectivity index (χ1n) is 5.31. The highest BCUT2D eigenvalue weighted by Crippen LogP contribution is 2.14. The zero-order chi connectivity index (χ0) is 14.3. The van der Waals surface area contributed by atoms with E-state index in [2.05, 4.69) is 10.1 Å². The van der Waals surface area contributed by atoms with Gasteiger partial charge in [-0.25, -0.2) is 0 Å². The Labute approximate surface area is 107 Å². The molecule has 0 bridgehead atoms. The smallest absolute Gasteiger partial charge is 0.362 e. The summed E-state index contributed by atoms with van der Waals surface area (Å²) in [5.41, 5.74) is 1.23. The highest BCUT2D eigenvalue weighted by Gasteiger charge is 2.27. The maximum absolute atomic E-state index is 11.7. The first-order chi connectivity index (χ1) is 8.90. The number of rotatable bonds is 5. The third kappa shape index (κ3) is 6.43. The van der Waals surface area contributed by atoms with Crippen molar-refractivity contribution < 1.29 is 22.7 Å². The van der Waals surface area contributed by atoms with Crippen LogP contribution in [-0.2, 0) is 16.1 Å². The monoisotopic (exact) mass is 272 g/mol. The number of amides is 1. The maximum Gasteiger partial charge on any atom is 0.411 e. The van der Waals surface area contributed by atoms with Crippen molar-refractivity contribution in [1.29, 1.82) is 5.26 Å². The number of nitriles is 1. The normalized spacial score (nSPS) is 10.8. The second-order valence-electron chi connectivity index (χ2n) is 3.69. The lowest BCUT2D eigenvalue weighted by molar-refractivity contribution is -0.175. The Hall–Kier alpha value is -2.07. The van der Waals surface area contributed by atoms with Gasteiger partial charge < -0.3 is 10.1 Å². The molecular weight excluding hydrogens is 261 g/mol. The molecule has 0 aliphatic heterocycles. The van der Waals surface area contributed by atoms with Crippen molar-refractivity contribution in [1.82, 2.24) is 5.32 Å². The SMILES string of the molecule is N#Cc1ccc(CNC(=O)COCC(F)(F)F)cc1. The summed E-state index contributed by atoms with van der Waals surface area (Å²) in [7, 11) is 0. The Morgan fingerprint density at radius 3 is 2.47 bits per heavy atom. The van der Waals surface area contributed by atoms with E-state index in [4.69, 9.17) is 5.26 Å². The molecule has 0 atom stereocenters. The second-order valence-corrected chi connectivity index (χ2v) is 3.69. The summed E-state index contributed by atoms with van der Waals surface area (Å²) in [4.78, 5) is 11.2. The van der Waals surface area contributed by atoms with Crippen LogP contribution in [0.4, 0.5) is 13.2 Å². The number of alkyl halides is 3. The van der Waals surface area contributed by atoms with Crippen LogP contribution >= 0.6 is 0 Å². The first kappa shape index (κ1) is 15.0. The molecule has 0 saturated heterocycles. The molecular formula is C12H11F3N2O2. The number of ether oxygens (including phenoxy) is 1. The molecule has 0 aromatic heterocycles. The van der Waals surface area contributed by atoms with Crippen molar-refractivity contribution >= 4 is 5.91 Å². The number of hydrogen-bond acceptors (Lipinski definition) is 3. The van der Waals surface area contributed by atoms with E-state index < -0.39 is 25.3 Å². The summed E-state index contributed by atoms with van der Waals surface area (Å²) in [6.07, 6.45) is -4.44. The molecule has 0 aliphatic carbocycles. The molecule has 7 heteroatoms.